The number of hydrogen-bond donors (Lipinski definition) is 3. The SMILES string of the molecule is CC1=C(C(=O)Nc2ccc([N+](=O)[O-])cc2)C(c2cccc(Cl)c2Cl)NC(=O)N1. The van der Waals surface area contributed by atoms with E-state index in [0.29, 0.717) is 22.0 Å². The Labute approximate surface area is 169 Å². The van der Waals surface area contributed by atoms with Crippen LogP contribution in [-0.4, -0.2) is 16.9 Å². The molecule has 1 heterocycles. The minimum atomic E-state index is -0.821. The Morgan fingerprint density at radius 1 is 1.18 bits per heavy atom. The maximum Gasteiger partial charge on any atom is 0.319 e. The number of halogens is 2. The molecular formula is C18H14Cl2N4O4. The van der Waals surface area contributed by atoms with Crippen molar-refractivity contribution in [1.82, 2.24) is 10.6 Å². The number of nitrogens with zero attached hydrogens (tertiary/aromatic N) is 1. The zero-order valence-corrected chi connectivity index (χ0v) is 16.0. The number of nitro benzene ring substituents is 1. The molecule has 1 aliphatic rings. The predicted octanol–water partition coefficient (Wildman–Crippen LogP) is 4.17. The number of anilines is 1. The van der Waals surface area contributed by atoms with Crippen LogP contribution in [0.25, 0.3) is 0 Å². The Bertz CT molecular complexity index is 1010. The van der Waals surface area contributed by atoms with Crippen LogP contribution in [-0.2, 0) is 4.79 Å². The quantitative estimate of drug-likeness (QED) is 0.508. The van der Waals surface area contributed by atoms with Gasteiger partial charge in [0, 0.05) is 23.5 Å². The Kier molecular flexibility index (Phi) is 5.53. The second-order valence-corrected chi connectivity index (χ2v) is 6.76. The van der Waals surface area contributed by atoms with E-state index < -0.39 is 22.9 Å². The lowest BCUT2D eigenvalue weighted by atomic mass is 9.94. The molecule has 2 aromatic rings. The van der Waals surface area contributed by atoms with Crippen LogP contribution in [0.3, 0.4) is 0 Å². The molecule has 0 saturated carbocycles. The third-order valence-corrected chi connectivity index (χ3v) is 4.98. The van der Waals surface area contributed by atoms with Crippen LogP contribution in [0.1, 0.15) is 18.5 Å². The number of rotatable bonds is 4. The van der Waals surface area contributed by atoms with E-state index in [4.69, 9.17) is 23.2 Å². The van der Waals surface area contributed by atoms with Crippen LogP contribution in [0.2, 0.25) is 10.0 Å². The highest BCUT2D eigenvalue weighted by Gasteiger charge is 2.32. The number of hydrogen-bond acceptors (Lipinski definition) is 4. The van der Waals surface area contributed by atoms with Crippen LogP contribution < -0.4 is 16.0 Å². The normalized spacial score (nSPS) is 16.2. The van der Waals surface area contributed by atoms with Crippen LogP contribution in [0, 0.1) is 10.1 Å². The number of amides is 3. The summed E-state index contributed by atoms with van der Waals surface area (Å²) in [6.07, 6.45) is 0. The summed E-state index contributed by atoms with van der Waals surface area (Å²) in [6.45, 7) is 1.59. The molecule has 0 spiro atoms. The number of nitrogens with one attached hydrogen (secondary N) is 3. The van der Waals surface area contributed by atoms with Gasteiger partial charge in [0.1, 0.15) is 0 Å². The molecule has 0 saturated heterocycles. The zero-order valence-electron chi connectivity index (χ0n) is 14.5. The van der Waals surface area contributed by atoms with Gasteiger partial charge in [-0.2, -0.15) is 0 Å². The van der Waals surface area contributed by atoms with Gasteiger partial charge in [0.15, 0.2) is 0 Å². The molecular weight excluding hydrogens is 407 g/mol. The molecule has 2 aromatic carbocycles. The predicted molar refractivity (Wildman–Crippen MR) is 105 cm³/mol. The average Bonchev–Trinajstić information content (AvgIpc) is 2.63. The van der Waals surface area contributed by atoms with Crippen LogP contribution in [0.15, 0.2) is 53.7 Å². The Balaban J connectivity index is 1.95. The standard InChI is InChI=1S/C18H14Cl2N4O4/c1-9-14(17(25)22-10-5-7-11(8-6-10)24(27)28)16(23-18(26)21-9)12-3-2-4-13(19)15(12)20/h2-8,16H,1H3,(H,22,25)(H2,21,23,26). The van der Waals surface area contributed by atoms with E-state index in [-0.39, 0.29) is 16.3 Å². The summed E-state index contributed by atoms with van der Waals surface area (Å²) in [5.74, 6) is -0.500. The van der Waals surface area contributed by atoms with E-state index in [2.05, 4.69) is 16.0 Å². The molecule has 0 aliphatic carbocycles. The second-order valence-electron chi connectivity index (χ2n) is 5.97. The molecule has 10 heteroatoms. The molecule has 0 fully saturated rings. The van der Waals surface area contributed by atoms with Crippen molar-refractivity contribution in [3.8, 4) is 0 Å². The summed E-state index contributed by atoms with van der Waals surface area (Å²) in [5, 5.41) is 19.2. The molecule has 3 rings (SSSR count). The monoisotopic (exact) mass is 420 g/mol. The van der Waals surface area contributed by atoms with E-state index >= 15 is 0 Å². The van der Waals surface area contributed by atoms with Crippen molar-refractivity contribution in [2.45, 2.75) is 13.0 Å². The minimum absolute atomic E-state index is 0.0939. The molecule has 28 heavy (non-hydrogen) atoms. The molecule has 1 unspecified atom stereocenters. The summed E-state index contributed by atoms with van der Waals surface area (Å²) in [7, 11) is 0. The maximum absolute atomic E-state index is 12.9. The topological polar surface area (TPSA) is 113 Å². The van der Waals surface area contributed by atoms with E-state index in [9.17, 15) is 19.7 Å². The number of non-ortho nitro benzene ring substituents is 1. The average molecular weight is 421 g/mol. The van der Waals surface area contributed by atoms with Crippen molar-refractivity contribution in [2.75, 3.05) is 5.32 Å². The minimum Gasteiger partial charge on any atom is -0.327 e. The lowest BCUT2D eigenvalue weighted by Crippen LogP contribution is -2.46. The Morgan fingerprint density at radius 3 is 2.50 bits per heavy atom. The van der Waals surface area contributed by atoms with Crippen molar-refractivity contribution < 1.29 is 14.5 Å². The van der Waals surface area contributed by atoms with Crippen molar-refractivity contribution in [3.63, 3.8) is 0 Å². The van der Waals surface area contributed by atoms with Crippen LogP contribution >= 0.6 is 23.2 Å². The van der Waals surface area contributed by atoms with Gasteiger partial charge in [-0.1, -0.05) is 35.3 Å². The smallest absolute Gasteiger partial charge is 0.319 e. The van der Waals surface area contributed by atoms with E-state index in [0.717, 1.165) is 0 Å². The second kappa shape index (κ2) is 7.87. The highest BCUT2D eigenvalue weighted by Crippen LogP contribution is 2.35. The molecule has 0 aromatic heterocycles. The summed E-state index contributed by atoms with van der Waals surface area (Å²) in [5.41, 5.74) is 1.33. The van der Waals surface area contributed by atoms with Crippen molar-refractivity contribution in [3.05, 3.63) is 79.5 Å². The first-order chi connectivity index (χ1) is 13.3. The zero-order chi connectivity index (χ0) is 20.4. The van der Waals surface area contributed by atoms with Gasteiger partial charge in [0.2, 0.25) is 0 Å². The van der Waals surface area contributed by atoms with E-state index in [1.165, 1.54) is 24.3 Å². The summed E-state index contributed by atoms with van der Waals surface area (Å²) in [6, 6.07) is 9.03. The molecule has 0 radical (unpaired) electrons. The maximum atomic E-state index is 12.9. The van der Waals surface area contributed by atoms with Gasteiger partial charge in [0.25, 0.3) is 11.6 Å². The van der Waals surface area contributed by atoms with Crippen LogP contribution in [0.4, 0.5) is 16.2 Å². The Morgan fingerprint density at radius 2 is 1.86 bits per heavy atom. The molecule has 144 valence electrons. The molecule has 3 amide bonds. The fourth-order valence-electron chi connectivity index (χ4n) is 2.84. The summed E-state index contributed by atoms with van der Waals surface area (Å²) in [4.78, 5) is 35.1. The lowest BCUT2D eigenvalue weighted by molar-refractivity contribution is -0.384. The fraction of sp³-hybridized carbons (Fsp3) is 0.111. The van der Waals surface area contributed by atoms with Crippen LogP contribution in [0.5, 0.6) is 0 Å². The van der Waals surface area contributed by atoms with Gasteiger partial charge in [-0.05, 0) is 30.7 Å². The largest absolute Gasteiger partial charge is 0.327 e. The van der Waals surface area contributed by atoms with Gasteiger partial charge in [-0.3, -0.25) is 14.9 Å². The van der Waals surface area contributed by atoms with Gasteiger partial charge >= 0.3 is 6.03 Å². The number of carbonyl (C=O) groups is 2. The Hall–Kier alpha value is -3.10. The molecule has 1 atom stereocenters. The number of benzene rings is 2. The number of nitro groups is 1. The third-order valence-electron chi connectivity index (χ3n) is 4.14. The van der Waals surface area contributed by atoms with Crippen molar-refractivity contribution in [2.24, 2.45) is 0 Å². The fourth-order valence-corrected chi connectivity index (χ4v) is 3.25. The summed E-state index contributed by atoms with van der Waals surface area (Å²) < 4.78 is 0. The van der Waals surface area contributed by atoms with Gasteiger partial charge in [0.05, 0.1) is 26.6 Å². The van der Waals surface area contributed by atoms with Gasteiger partial charge < -0.3 is 16.0 Å². The number of urea groups is 1. The van der Waals surface area contributed by atoms with Crippen molar-refractivity contribution >= 4 is 46.5 Å². The highest BCUT2D eigenvalue weighted by molar-refractivity contribution is 6.42. The van der Waals surface area contributed by atoms with Gasteiger partial charge in [-0.15, -0.1) is 0 Å². The first kappa shape index (κ1) is 19.7. The molecule has 3 N–H and O–H groups in total. The number of allylic oxidation sites excluding steroid dienone is 1. The molecule has 1 aliphatic heterocycles. The lowest BCUT2D eigenvalue weighted by Gasteiger charge is -2.29. The third kappa shape index (κ3) is 3.92. The number of carbonyl (C=O) groups excluding carboxylic acids is 2. The first-order valence-corrected chi connectivity index (χ1v) is 8.81. The highest BCUT2D eigenvalue weighted by atomic mass is 35.5. The van der Waals surface area contributed by atoms with E-state index in [1.807, 2.05) is 0 Å². The first-order valence-electron chi connectivity index (χ1n) is 8.06. The molecule has 8 nitrogen and oxygen atoms in total. The molecule has 0 bridgehead atoms. The van der Waals surface area contributed by atoms with Gasteiger partial charge in [-0.25, -0.2) is 4.79 Å². The van der Waals surface area contributed by atoms with E-state index in [1.54, 1.807) is 25.1 Å². The van der Waals surface area contributed by atoms with Crippen molar-refractivity contribution in [1.29, 1.82) is 0 Å². The summed E-state index contributed by atoms with van der Waals surface area (Å²) >= 11 is 12.3.